The molecule has 0 heterocycles. The molecule has 0 aliphatic carbocycles. The zero-order valence-electron chi connectivity index (χ0n) is 12.8. The minimum absolute atomic E-state index is 0.359. The van der Waals surface area contributed by atoms with Gasteiger partial charge in [-0.3, -0.25) is 18.9 Å². The van der Waals surface area contributed by atoms with Gasteiger partial charge in [0.2, 0.25) is 0 Å². The second-order valence-electron chi connectivity index (χ2n) is 4.02. The normalized spacial score (nSPS) is 13.8. The van der Waals surface area contributed by atoms with E-state index in [2.05, 4.69) is 18.1 Å². The van der Waals surface area contributed by atoms with Crippen molar-refractivity contribution in [2.45, 2.75) is 26.2 Å². The van der Waals surface area contributed by atoms with E-state index in [1.807, 2.05) is 0 Å². The number of halogens is 6. The molecule has 0 aromatic heterocycles. The van der Waals surface area contributed by atoms with E-state index in [-0.39, 0.29) is 13.2 Å². The van der Waals surface area contributed by atoms with Gasteiger partial charge in [-0.25, -0.2) is 9.13 Å². The smallest absolute Gasteiger partial charge is 0.302 e. The van der Waals surface area contributed by atoms with E-state index < -0.39 is 46.6 Å². The first kappa shape index (κ1) is 24.4. The molecule has 1 amide bonds. The van der Waals surface area contributed by atoms with Gasteiger partial charge in [-0.2, -0.15) is 26.3 Å². The molecule has 0 fully saturated rings. The van der Waals surface area contributed by atoms with Crippen LogP contribution >= 0.6 is 15.3 Å². The summed E-state index contributed by atoms with van der Waals surface area (Å²) in [6.45, 7) is -2.76. The molecule has 150 valence electrons. The Bertz CT molecular complexity index is 506. The van der Waals surface area contributed by atoms with Crippen molar-refractivity contribution in [1.82, 2.24) is 5.09 Å². The highest BCUT2D eigenvalue weighted by Gasteiger charge is 2.44. The lowest BCUT2D eigenvalue weighted by atomic mass is 10.7. The average Bonchev–Trinajstić information content (AvgIpc) is 2.42. The molecule has 0 aromatic carbocycles. The van der Waals surface area contributed by atoms with Crippen LogP contribution in [0.25, 0.3) is 0 Å². The molecule has 0 aromatic rings. The van der Waals surface area contributed by atoms with Gasteiger partial charge in [0.05, 0.1) is 13.2 Å². The van der Waals surface area contributed by atoms with Crippen LogP contribution in [-0.4, -0.2) is 44.4 Å². The van der Waals surface area contributed by atoms with E-state index in [9.17, 15) is 40.3 Å². The molecule has 0 atom stereocenters. The average molecular weight is 425 g/mol. The monoisotopic (exact) mass is 425 g/mol. The van der Waals surface area contributed by atoms with Crippen LogP contribution < -0.4 is 5.09 Å². The highest BCUT2D eigenvalue weighted by Crippen LogP contribution is 2.54. The molecule has 25 heavy (non-hydrogen) atoms. The van der Waals surface area contributed by atoms with Crippen LogP contribution in [0.1, 0.15) is 13.8 Å². The van der Waals surface area contributed by atoms with Gasteiger partial charge in [0, 0.05) is 0 Å². The Hall–Kier alpha value is -0.650. The third-order valence-corrected chi connectivity index (χ3v) is 5.27. The van der Waals surface area contributed by atoms with Crippen LogP contribution in [-0.2, 0) is 27.2 Å². The fourth-order valence-corrected chi connectivity index (χ4v) is 4.01. The summed E-state index contributed by atoms with van der Waals surface area (Å²) in [6.07, 6.45) is -10.2. The fraction of sp³-hybridized carbons (Fsp3) is 0.889. The van der Waals surface area contributed by atoms with Gasteiger partial charge in [0.25, 0.3) is 0 Å². The van der Waals surface area contributed by atoms with Gasteiger partial charge in [-0.05, 0) is 13.8 Å². The molecule has 0 bridgehead atoms. The Morgan fingerprint density at radius 2 is 1.20 bits per heavy atom. The van der Waals surface area contributed by atoms with E-state index >= 15 is 0 Å². The van der Waals surface area contributed by atoms with Crippen molar-refractivity contribution in [2.75, 3.05) is 26.4 Å². The Kier molecular flexibility index (Phi) is 9.09. The van der Waals surface area contributed by atoms with E-state index in [1.54, 1.807) is 0 Å². The van der Waals surface area contributed by atoms with Crippen LogP contribution in [0.15, 0.2) is 0 Å². The highest BCUT2D eigenvalue weighted by atomic mass is 31.2. The zero-order chi connectivity index (χ0) is 19.9. The topological polar surface area (TPSA) is 100 Å². The Balaban J connectivity index is 5.35. The van der Waals surface area contributed by atoms with Crippen molar-refractivity contribution in [3.63, 3.8) is 0 Å². The summed E-state index contributed by atoms with van der Waals surface area (Å²) in [7, 11) is -10.2. The molecule has 0 radical (unpaired) electrons. The maximum absolute atomic E-state index is 12.1. The number of rotatable bonds is 10. The highest BCUT2D eigenvalue weighted by molar-refractivity contribution is 7.73. The van der Waals surface area contributed by atoms with Crippen molar-refractivity contribution in [2.24, 2.45) is 0 Å². The van der Waals surface area contributed by atoms with Crippen molar-refractivity contribution in [1.29, 1.82) is 0 Å². The molecule has 16 heteroatoms. The van der Waals surface area contributed by atoms with Crippen LogP contribution in [0.2, 0.25) is 0 Å². The molecular weight excluding hydrogens is 410 g/mol. The lowest BCUT2D eigenvalue weighted by Gasteiger charge is -2.22. The Morgan fingerprint density at radius 1 is 0.840 bits per heavy atom. The van der Waals surface area contributed by atoms with Crippen molar-refractivity contribution >= 4 is 21.0 Å². The Morgan fingerprint density at radius 3 is 1.48 bits per heavy atom. The van der Waals surface area contributed by atoms with Crippen molar-refractivity contribution in [3.05, 3.63) is 0 Å². The first-order chi connectivity index (χ1) is 11.2. The number of carbonyl (C=O) groups excluding carboxylic acids is 1. The summed E-state index contributed by atoms with van der Waals surface area (Å²) in [5.41, 5.74) is -1.87. The number of nitrogens with one attached hydrogen (secondary N) is 1. The molecule has 8 nitrogen and oxygen atoms in total. The molecule has 0 rings (SSSR count). The van der Waals surface area contributed by atoms with Gasteiger partial charge in [0.1, 0.15) is 0 Å². The SMILES string of the molecule is CCOP(=O)(OCC)C(=O)NP(=O)(OCC(F)(F)F)OCC(F)(F)F. The standard InChI is InChI=1S/C9H15F6NO7P2/c1-3-20-24(18,21-4-2)7(17)16-25(19,22-5-8(10,11)12)23-6-9(13,14)15/h3-6H2,1-2H3,(H,16,17,19). The number of hydrogen-bond donors (Lipinski definition) is 1. The van der Waals surface area contributed by atoms with Gasteiger partial charge >= 0.3 is 33.3 Å². The third-order valence-electron chi connectivity index (χ3n) is 1.88. The summed E-state index contributed by atoms with van der Waals surface area (Å²) in [4.78, 5) is 11.8. The second-order valence-corrected chi connectivity index (χ2v) is 7.68. The second kappa shape index (κ2) is 9.33. The summed E-state index contributed by atoms with van der Waals surface area (Å²) in [5.74, 6) is 0. The van der Waals surface area contributed by atoms with Crippen LogP contribution in [0.3, 0.4) is 0 Å². The largest absolute Gasteiger partial charge is 0.436 e. The molecule has 0 saturated heterocycles. The number of hydrogen-bond acceptors (Lipinski definition) is 7. The first-order valence-electron chi connectivity index (χ1n) is 6.41. The maximum atomic E-state index is 12.1. The predicted molar refractivity (Wildman–Crippen MR) is 71.0 cm³/mol. The molecule has 0 aliphatic rings. The molecular formula is C9H15F6NO7P2. The van der Waals surface area contributed by atoms with Gasteiger partial charge < -0.3 is 9.05 Å². The van der Waals surface area contributed by atoms with E-state index in [1.165, 1.54) is 13.8 Å². The molecule has 0 saturated carbocycles. The summed E-state index contributed by atoms with van der Waals surface area (Å²) in [5, 5.41) is 1.11. The van der Waals surface area contributed by atoms with Gasteiger partial charge in [-0.1, -0.05) is 0 Å². The number of alkyl halides is 6. The maximum Gasteiger partial charge on any atom is 0.436 e. The van der Waals surface area contributed by atoms with E-state index in [0.29, 0.717) is 0 Å². The summed E-state index contributed by atoms with van der Waals surface area (Å²) in [6, 6.07) is 0. The van der Waals surface area contributed by atoms with E-state index in [4.69, 9.17) is 0 Å². The van der Waals surface area contributed by atoms with Gasteiger partial charge in [0.15, 0.2) is 13.2 Å². The lowest BCUT2D eigenvalue weighted by molar-refractivity contribution is -0.165. The minimum atomic E-state index is -5.48. The number of carbonyl (C=O) groups is 1. The molecule has 0 aliphatic heterocycles. The van der Waals surface area contributed by atoms with E-state index in [0.717, 1.165) is 5.09 Å². The predicted octanol–water partition coefficient (Wildman–Crippen LogP) is 4.23. The Labute approximate surface area is 138 Å². The number of amides is 1. The lowest BCUT2D eigenvalue weighted by Crippen LogP contribution is -2.28. The molecule has 0 spiro atoms. The molecule has 1 N–H and O–H groups in total. The first-order valence-corrected chi connectivity index (χ1v) is 9.49. The van der Waals surface area contributed by atoms with Crippen LogP contribution in [0.4, 0.5) is 31.1 Å². The third kappa shape index (κ3) is 10.2. The zero-order valence-corrected chi connectivity index (χ0v) is 14.6. The quantitative estimate of drug-likeness (QED) is 0.413. The van der Waals surface area contributed by atoms with Gasteiger partial charge in [-0.15, -0.1) is 0 Å². The minimum Gasteiger partial charge on any atom is -0.302 e. The van der Waals surface area contributed by atoms with Crippen molar-refractivity contribution in [3.8, 4) is 0 Å². The fourth-order valence-electron chi connectivity index (χ4n) is 1.09. The van der Waals surface area contributed by atoms with Crippen LogP contribution in [0.5, 0.6) is 0 Å². The van der Waals surface area contributed by atoms with Crippen molar-refractivity contribution < 1.29 is 58.4 Å². The molecule has 0 unspecified atom stereocenters. The van der Waals surface area contributed by atoms with Crippen LogP contribution in [0, 0.1) is 0 Å². The summed E-state index contributed by atoms with van der Waals surface area (Å²) < 4.78 is 113. The summed E-state index contributed by atoms with van der Waals surface area (Å²) >= 11 is 0.